The molecule has 2 aromatic carbocycles. The van der Waals surface area contributed by atoms with Gasteiger partial charge in [0.25, 0.3) is 0 Å². The van der Waals surface area contributed by atoms with Gasteiger partial charge in [-0.1, -0.05) is 62.4 Å². The lowest BCUT2D eigenvalue weighted by atomic mass is 9.97. The average molecular weight is 619 g/mol. The SMILES string of the molecule is CC(C)c1cnn2c(NCc3ccccc3-c3nccc4cc(CC(=O)/C=C/CN(C)C)ccc34)nc(O[C@@H]3CCCNC3)nc12. The number of anilines is 1. The number of pyridine rings is 1. The first-order valence-corrected chi connectivity index (χ1v) is 16.0. The van der Waals surface area contributed by atoms with Crippen LogP contribution in [0.3, 0.4) is 0 Å². The van der Waals surface area contributed by atoms with E-state index in [1.54, 1.807) is 10.6 Å². The lowest BCUT2D eigenvalue weighted by Gasteiger charge is -2.23. The summed E-state index contributed by atoms with van der Waals surface area (Å²) in [6.45, 7) is 7.29. The molecule has 1 atom stereocenters. The zero-order valence-electron chi connectivity index (χ0n) is 27.0. The number of likely N-dealkylation sites (N-methyl/N-ethyl adjacent to an activating group) is 1. The van der Waals surface area contributed by atoms with Crippen molar-refractivity contribution >= 4 is 28.2 Å². The van der Waals surface area contributed by atoms with E-state index in [0.717, 1.165) is 76.8 Å². The van der Waals surface area contributed by atoms with E-state index < -0.39 is 0 Å². The van der Waals surface area contributed by atoms with Crippen molar-refractivity contribution in [1.82, 2.24) is 34.8 Å². The molecule has 1 aliphatic heterocycles. The molecule has 2 N–H and O–H groups in total. The summed E-state index contributed by atoms with van der Waals surface area (Å²) in [5, 5.41) is 13.6. The van der Waals surface area contributed by atoms with Gasteiger partial charge in [0, 0.05) is 48.8 Å². The molecule has 1 saturated heterocycles. The van der Waals surface area contributed by atoms with Crippen molar-refractivity contribution in [3.05, 3.63) is 89.8 Å². The third-order valence-corrected chi connectivity index (χ3v) is 8.21. The van der Waals surface area contributed by atoms with E-state index in [1.165, 1.54) is 0 Å². The number of ketones is 1. The second-order valence-corrected chi connectivity index (χ2v) is 12.4. The monoisotopic (exact) mass is 618 g/mol. The topological polar surface area (TPSA) is 110 Å². The molecule has 0 bridgehead atoms. The molecule has 46 heavy (non-hydrogen) atoms. The molecule has 10 heteroatoms. The Balaban J connectivity index is 1.27. The van der Waals surface area contributed by atoms with Crippen molar-refractivity contribution in [2.24, 2.45) is 0 Å². The highest BCUT2D eigenvalue weighted by molar-refractivity contribution is 5.97. The van der Waals surface area contributed by atoms with Gasteiger partial charge in [0.1, 0.15) is 6.10 Å². The minimum atomic E-state index is 0.0332. The van der Waals surface area contributed by atoms with Crippen LogP contribution in [-0.4, -0.2) is 75.1 Å². The number of hydrogen-bond donors (Lipinski definition) is 2. The van der Waals surface area contributed by atoms with Gasteiger partial charge >= 0.3 is 6.01 Å². The molecule has 10 nitrogen and oxygen atoms in total. The molecule has 4 heterocycles. The highest BCUT2D eigenvalue weighted by Crippen LogP contribution is 2.31. The zero-order valence-corrected chi connectivity index (χ0v) is 27.0. The molecule has 3 aromatic heterocycles. The van der Waals surface area contributed by atoms with Gasteiger partial charge in [0.15, 0.2) is 11.4 Å². The van der Waals surface area contributed by atoms with Crippen LogP contribution >= 0.6 is 0 Å². The Morgan fingerprint density at radius 1 is 1.17 bits per heavy atom. The molecule has 1 aliphatic rings. The van der Waals surface area contributed by atoms with Gasteiger partial charge in [-0.3, -0.25) is 9.78 Å². The quantitative estimate of drug-likeness (QED) is 0.177. The molecule has 5 aromatic rings. The first-order valence-electron chi connectivity index (χ1n) is 16.0. The van der Waals surface area contributed by atoms with E-state index in [0.29, 0.717) is 24.9 Å². The first-order chi connectivity index (χ1) is 22.4. The Morgan fingerprint density at radius 2 is 2.04 bits per heavy atom. The van der Waals surface area contributed by atoms with Gasteiger partial charge in [0.05, 0.1) is 11.9 Å². The Kier molecular flexibility index (Phi) is 9.65. The van der Waals surface area contributed by atoms with Crippen LogP contribution in [0.5, 0.6) is 6.01 Å². The van der Waals surface area contributed by atoms with Crippen molar-refractivity contribution in [2.45, 2.75) is 51.7 Å². The number of hydrogen-bond acceptors (Lipinski definition) is 9. The number of rotatable bonds is 12. The predicted octanol–water partition coefficient (Wildman–Crippen LogP) is 5.44. The fourth-order valence-corrected chi connectivity index (χ4v) is 5.81. The number of benzene rings is 2. The third-order valence-electron chi connectivity index (χ3n) is 8.21. The van der Waals surface area contributed by atoms with Gasteiger partial charge in [-0.2, -0.15) is 19.6 Å². The van der Waals surface area contributed by atoms with Crippen LogP contribution in [0.2, 0.25) is 0 Å². The molecule has 0 saturated carbocycles. The van der Waals surface area contributed by atoms with Crippen LogP contribution in [-0.2, 0) is 17.8 Å². The van der Waals surface area contributed by atoms with Crippen molar-refractivity contribution in [1.29, 1.82) is 0 Å². The maximum absolute atomic E-state index is 12.5. The number of carbonyl (C=O) groups is 1. The summed E-state index contributed by atoms with van der Waals surface area (Å²) in [4.78, 5) is 28.9. The first kappa shape index (κ1) is 31.3. The van der Waals surface area contributed by atoms with Gasteiger partial charge in [0.2, 0.25) is 5.95 Å². The molecule has 1 fully saturated rings. The molecule has 0 radical (unpaired) electrons. The summed E-state index contributed by atoms with van der Waals surface area (Å²) in [6.07, 6.45) is 9.70. The van der Waals surface area contributed by atoms with E-state index in [-0.39, 0.29) is 17.8 Å². The molecule has 0 aliphatic carbocycles. The summed E-state index contributed by atoms with van der Waals surface area (Å²) in [6, 6.07) is 16.8. The molecule has 238 valence electrons. The molecule has 6 rings (SSSR count). The van der Waals surface area contributed by atoms with Crippen molar-refractivity contribution < 1.29 is 9.53 Å². The number of carbonyl (C=O) groups excluding carboxylic acids is 1. The van der Waals surface area contributed by atoms with E-state index >= 15 is 0 Å². The van der Waals surface area contributed by atoms with Gasteiger partial charge in [-0.15, -0.1) is 0 Å². The Hall–Kier alpha value is -4.67. The summed E-state index contributed by atoms with van der Waals surface area (Å²) in [7, 11) is 3.96. The van der Waals surface area contributed by atoms with Gasteiger partial charge in [-0.25, -0.2) is 0 Å². The summed E-state index contributed by atoms with van der Waals surface area (Å²) in [5.74, 6) is 0.915. The molecular formula is C36H42N8O2. The third kappa shape index (κ3) is 7.24. The Labute approximate surface area is 269 Å². The summed E-state index contributed by atoms with van der Waals surface area (Å²) >= 11 is 0. The van der Waals surface area contributed by atoms with Crippen molar-refractivity contribution in [2.75, 3.05) is 39.0 Å². The predicted molar refractivity (Wildman–Crippen MR) is 182 cm³/mol. The average Bonchev–Trinajstić information content (AvgIpc) is 3.48. The molecule has 0 unspecified atom stereocenters. The number of piperidine rings is 1. The number of allylic oxidation sites excluding steroid dienone is 1. The number of nitrogens with one attached hydrogen (secondary N) is 2. The van der Waals surface area contributed by atoms with Gasteiger partial charge in [-0.05, 0) is 68.1 Å². The minimum Gasteiger partial charge on any atom is -0.459 e. The van der Waals surface area contributed by atoms with Crippen LogP contribution in [0.1, 0.15) is 49.3 Å². The number of nitrogens with zero attached hydrogens (tertiary/aromatic N) is 6. The Bertz CT molecular complexity index is 1860. The van der Waals surface area contributed by atoms with E-state index in [1.807, 2.05) is 61.7 Å². The fourth-order valence-electron chi connectivity index (χ4n) is 5.81. The van der Waals surface area contributed by atoms with Crippen LogP contribution in [0.25, 0.3) is 27.7 Å². The van der Waals surface area contributed by atoms with Crippen LogP contribution in [0, 0.1) is 0 Å². The standard InChI is InChI=1S/C36H42N8O2/c1-24(2)32-23-40-44-34(32)41-36(46-29-11-7-16-37-22-29)42-35(44)39-21-27-9-5-6-12-30(27)33-31-14-13-25(19-26(31)15-17-38-33)20-28(45)10-8-18-43(3)4/h5-6,8-10,12-15,17,19,23-24,29,37H,7,11,16,18,20-22H2,1-4H3,(H,39,41,42)/b10-8+/t29-/m1/s1. The fraction of sp³-hybridized carbons (Fsp3) is 0.361. The molecular weight excluding hydrogens is 576 g/mol. The molecule has 0 spiro atoms. The smallest absolute Gasteiger partial charge is 0.322 e. The maximum atomic E-state index is 12.5. The lowest BCUT2D eigenvalue weighted by Crippen LogP contribution is -2.37. The largest absolute Gasteiger partial charge is 0.459 e. The normalized spacial score (nSPS) is 15.4. The number of aromatic nitrogens is 5. The molecule has 0 amide bonds. The number of fused-ring (bicyclic) bond motifs is 2. The second kappa shape index (κ2) is 14.2. The van der Waals surface area contributed by atoms with Crippen LogP contribution in [0.4, 0.5) is 5.95 Å². The number of ether oxygens (including phenoxy) is 1. The highest BCUT2D eigenvalue weighted by Gasteiger charge is 2.20. The maximum Gasteiger partial charge on any atom is 0.322 e. The van der Waals surface area contributed by atoms with Crippen LogP contribution < -0.4 is 15.4 Å². The zero-order chi connectivity index (χ0) is 32.0. The van der Waals surface area contributed by atoms with E-state index in [2.05, 4.69) is 53.8 Å². The van der Waals surface area contributed by atoms with E-state index in [4.69, 9.17) is 19.7 Å². The summed E-state index contributed by atoms with van der Waals surface area (Å²) in [5.41, 5.74) is 5.75. The summed E-state index contributed by atoms with van der Waals surface area (Å²) < 4.78 is 8.02. The van der Waals surface area contributed by atoms with E-state index in [9.17, 15) is 4.79 Å². The van der Waals surface area contributed by atoms with Gasteiger partial charge < -0.3 is 20.3 Å². The Morgan fingerprint density at radius 3 is 2.85 bits per heavy atom. The minimum absolute atomic E-state index is 0.0332. The second-order valence-electron chi connectivity index (χ2n) is 12.4. The van der Waals surface area contributed by atoms with Crippen molar-refractivity contribution in [3.8, 4) is 17.3 Å². The highest BCUT2D eigenvalue weighted by atomic mass is 16.5. The van der Waals surface area contributed by atoms with Crippen molar-refractivity contribution in [3.63, 3.8) is 0 Å². The van der Waals surface area contributed by atoms with Crippen LogP contribution in [0.15, 0.2) is 73.1 Å². The lowest BCUT2D eigenvalue weighted by molar-refractivity contribution is -0.114.